The molecule has 170 valence electrons. The second-order valence-corrected chi connectivity index (χ2v) is 9.34. The van der Waals surface area contributed by atoms with E-state index in [0.717, 1.165) is 22.5 Å². The maximum absolute atomic E-state index is 12.8. The molecule has 7 nitrogen and oxygen atoms in total. The molecular weight excluding hydrogens is 471 g/mol. The van der Waals surface area contributed by atoms with Crippen molar-refractivity contribution in [3.8, 4) is 11.8 Å². The van der Waals surface area contributed by atoms with Crippen molar-refractivity contribution in [2.75, 3.05) is 18.4 Å². The number of rotatable bonds is 5. The number of benzene rings is 2. The molecule has 1 heterocycles. The molecule has 2 aromatic rings. The number of anilines is 1. The summed E-state index contributed by atoms with van der Waals surface area (Å²) in [4.78, 5) is 12.2. The van der Waals surface area contributed by atoms with Crippen LogP contribution in [0, 0.1) is 17.2 Å². The fraction of sp³-hybridized carbons (Fsp3) is 0.300. The number of alkyl halides is 3. The molecule has 0 saturated carbocycles. The Morgan fingerprint density at radius 1 is 1.19 bits per heavy atom. The molecule has 1 aliphatic heterocycles. The van der Waals surface area contributed by atoms with Gasteiger partial charge in [0, 0.05) is 30.8 Å². The summed E-state index contributed by atoms with van der Waals surface area (Å²) in [6, 6.07) is 10.6. The lowest BCUT2D eigenvalue weighted by molar-refractivity contribution is -0.274. The Kier molecular flexibility index (Phi) is 6.97. The van der Waals surface area contributed by atoms with Gasteiger partial charge in [-0.25, -0.2) is 8.42 Å². The summed E-state index contributed by atoms with van der Waals surface area (Å²) >= 11 is 5.95. The number of ether oxygens (including phenoxy) is 1. The third kappa shape index (κ3) is 5.70. The number of hydrogen-bond donors (Lipinski definition) is 1. The van der Waals surface area contributed by atoms with Gasteiger partial charge in [-0.2, -0.15) is 9.57 Å². The number of nitrogens with zero attached hydrogens (tertiary/aromatic N) is 2. The fourth-order valence-electron chi connectivity index (χ4n) is 3.27. The molecule has 0 bridgehead atoms. The number of piperidine rings is 1. The van der Waals surface area contributed by atoms with Crippen LogP contribution < -0.4 is 10.1 Å². The van der Waals surface area contributed by atoms with Gasteiger partial charge in [0.25, 0.3) is 0 Å². The highest BCUT2D eigenvalue weighted by molar-refractivity contribution is 7.89. The molecule has 0 unspecified atom stereocenters. The molecule has 12 heteroatoms. The van der Waals surface area contributed by atoms with Crippen LogP contribution in [0.15, 0.2) is 47.4 Å². The third-order valence-electron chi connectivity index (χ3n) is 4.86. The van der Waals surface area contributed by atoms with Crippen LogP contribution in [0.1, 0.15) is 18.4 Å². The molecule has 1 fully saturated rings. The molecule has 1 saturated heterocycles. The van der Waals surface area contributed by atoms with E-state index in [2.05, 4.69) is 10.1 Å². The van der Waals surface area contributed by atoms with Crippen molar-refractivity contribution < 1.29 is 31.1 Å². The van der Waals surface area contributed by atoms with Gasteiger partial charge in [-0.1, -0.05) is 17.7 Å². The number of carbonyl (C=O) groups is 1. The Labute approximate surface area is 187 Å². The molecule has 2 aromatic carbocycles. The second kappa shape index (κ2) is 9.36. The van der Waals surface area contributed by atoms with E-state index in [-0.39, 0.29) is 47.3 Å². The van der Waals surface area contributed by atoms with Crippen molar-refractivity contribution in [3.63, 3.8) is 0 Å². The van der Waals surface area contributed by atoms with Crippen LogP contribution in [-0.2, 0) is 14.8 Å². The standard InChI is InChI=1S/C20H17ClF3N3O4S/c21-18-10-15(5-4-14(18)12-25)26-19(28)13-6-8-27(9-7-13)32(29,30)17-3-1-2-16(11-17)31-20(22,23)24/h1-5,10-11,13H,6-9H2,(H,26,28). The number of nitriles is 1. The molecule has 0 atom stereocenters. The quantitative estimate of drug-likeness (QED) is 0.683. The first-order valence-corrected chi connectivity index (χ1v) is 11.2. The van der Waals surface area contributed by atoms with E-state index in [1.807, 2.05) is 6.07 Å². The SMILES string of the molecule is N#Cc1ccc(NC(=O)C2CCN(S(=O)(=O)c3cccc(OC(F)(F)F)c3)CC2)cc1Cl. The highest BCUT2D eigenvalue weighted by Gasteiger charge is 2.34. The summed E-state index contributed by atoms with van der Waals surface area (Å²) in [5.74, 6) is -1.41. The Hall–Kier alpha value is -2.81. The largest absolute Gasteiger partial charge is 0.573 e. The summed E-state index contributed by atoms with van der Waals surface area (Å²) in [6.07, 6.45) is -4.48. The summed E-state index contributed by atoms with van der Waals surface area (Å²) in [6.45, 7) is 0.0534. The molecule has 32 heavy (non-hydrogen) atoms. The van der Waals surface area contributed by atoms with Crippen LogP contribution >= 0.6 is 11.6 Å². The highest BCUT2D eigenvalue weighted by atomic mass is 35.5. The van der Waals surface area contributed by atoms with Crippen molar-refractivity contribution >= 4 is 33.2 Å². The summed E-state index contributed by atoms with van der Waals surface area (Å²) < 4.78 is 67.8. The topological polar surface area (TPSA) is 99.5 Å². The highest BCUT2D eigenvalue weighted by Crippen LogP contribution is 2.29. The summed E-state index contributed by atoms with van der Waals surface area (Å²) in [5.41, 5.74) is 0.684. The number of amides is 1. The van der Waals surface area contributed by atoms with Crippen LogP contribution in [0.2, 0.25) is 5.02 Å². The Bertz CT molecular complexity index is 1160. The minimum absolute atomic E-state index is 0.0267. The van der Waals surface area contributed by atoms with Gasteiger partial charge < -0.3 is 10.1 Å². The first kappa shape index (κ1) is 23.8. The monoisotopic (exact) mass is 487 g/mol. The smallest absolute Gasteiger partial charge is 0.406 e. The zero-order chi connectivity index (χ0) is 23.5. The molecule has 0 radical (unpaired) electrons. The first-order chi connectivity index (χ1) is 15.0. The second-order valence-electron chi connectivity index (χ2n) is 7.00. The number of hydrogen-bond acceptors (Lipinski definition) is 5. The average Bonchev–Trinajstić information content (AvgIpc) is 2.73. The van der Waals surface area contributed by atoms with Gasteiger partial charge in [-0.15, -0.1) is 13.2 Å². The molecule has 0 spiro atoms. The minimum atomic E-state index is -4.94. The molecule has 1 N–H and O–H groups in total. The summed E-state index contributed by atoms with van der Waals surface area (Å²) in [7, 11) is -4.06. The lowest BCUT2D eigenvalue weighted by Gasteiger charge is -2.30. The molecule has 0 aliphatic carbocycles. The van der Waals surface area contributed by atoms with E-state index >= 15 is 0 Å². The Morgan fingerprint density at radius 3 is 2.47 bits per heavy atom. The maximum Gasteiger partial charge on any atom is 0.573 e. The van der Waals surface area contributed by atoms with Crippen molar-refractivity contribution in [3.05, 3.63) is 53.1 Å². The van der Waals surface area contributed by atoms with Crippen molar-refractivity contribution in [1.29, 1.82) is 5.26 Å². The van der Waals surface area contributed by atoms with Crippen LogP contribution in [-0.4, -0.2) is 38.1 Å². The lowest BCUT2D eigenvalue weighted by atomic mass is 9.97. The molecule has 1 amide bonds. The van der Waals surface area contributed by atoms with E-state index in [0.29, 0.717) is 5.69 Å². The van der Waals surface area contributed by atoms with E-state index in [1.54, 1.807) is 0 Å². The Morgan fingerprint density at radius 2 is 1.88 bits per heavy atom. The van der Waals surface area contributed by atoms with E-state index in [1.165, 1.54) is 24.3 Å². The van der Waals surface area contributed by atoms with Gasteiger partial charge >= 0.3 is 6.36 Å². The van der Waals surface area contributed by atoms with Crippen molar-refractivity contribution in [1.82, 2.24) is 4.31 Å². The molecular formula is C20H17ClF3N3O4S. The van der Waals surface area contributed by atoms with Gasteiger partial charge in [0.05, 0.1) is 15.5 Å². The zero-order valence-corrected chi connectivity index (χ0v) is 18.0. The average molecular weight is 488 g/mol. The number of nitrogens with one attached hydrogen (secondary N) is 1. The van der Waals surface area contributed by atoms with Gasteiger partial charge in [0.1, 0.15) is 11.8 Å². The van der Waals surface area contributed by atoms with E-state index in [9.17, 15) is 26.4 Å². The maximum atomic E-state index is 12.8. The number of carbonyl (C=O) groups excluding carboxylic acids is 1. The molecule has 3 rings (SSSR count). The van der Waals surface area contributed by atoms with Crippen LogP contribution in [0.3, 0.4) is 0 Å². The fourth-order valence-corrected chi connectivity index (χ4v) is 5.00. The predicted octanol–water partition coefficient (Wildman–Crippen LogP) is 4.15. The zero-order valence-electron chi connectivity index (χ0n) is 16.4. The van der Waals surface area contributed by atoms with Crippen LogP contribution in [0.25, 0.3) is 0 Å². The van der Waals surface area contributed by atoms with Gasteiger partial charge in [-0.3, -0.25) is 4.79 Å². The number of halogens is 4. The molecule has 0 aromatic heterocycles. The Balaban J connectivity index is 1.63. The number of sulfonamides is 1. The first-order valence-electron chi connectivity index (χ1n) is 9.36. The van der Waals surface area contributed by atoms with Gasteiger partial charge in [0.2, 0.25) is 15.9 Å². The normalized spacial score (nSPS) is 15.7. The van der Waals surface area contributed by atoms with Crippen LogP contribution in [0.5, 0.6) is 5.75 Å². The lowest BCUT2D eigenvalue weighted by Crippen LogP contribution is -2.41. The van der Waals surface area contributed by atoms with Crippen molar-refractivity contribution in [2.24, 2.45) is 5.92 Å². The minimum Gasteiger partial charge on any atom is -0.406 e. The third-order valence-corrected chi connectivity index (χ3v) is 7.07. The van der Waals surface area contributed by atoms with Crippen LogP contribution in [0.4, 0.5) is 18.9 Å². The van der Waals surface area contributed by atoms with E-state index in [4.69, 9.17) is 16.9 Å². The predicted molar refractivity (Wildman–Crippen MR) is 109 cm³/mol. The van der Waals surface area contributed by atoms with Gasteiger partial charge in [-0.05, 0) is 43.2 Å². The molecule has 1 aliphatic rings. The van der Waals surface area contributed by atoms with Crippen molar-refractivity contribution in [2.45, 2.75) is 24.1 Å². The van der Waals surface area contributed by atoms with Gasteiger partial charge in [0.15, 0.2) is 0 Å². The van der Waals surface area contributed by atoms with E-state index < -0.39 is 28.1 Å². The summed E-state index contributed by atoms with van der Waals surface area (Å²) in [5, 5.41) is 11.8.